The van der Waals surface area contributed by atoms with E-state index in [1.807, 2.05) is 18.2 Å². The molecule has 0 aromatic heterocycles. The molecule has 18 heavy (non-hydrogen) atoms. The highest BCUT2D eigenvalue weighted by Crippen LogP contribution is 2.19. The molecule has 0 spiro atoms. The number of likely N-dealkylation sites (N-methyl/N-ethyl adjacent to an activating group) is 1. The second-order valence-electron chi connectivity index (χ2n) is 4.41. The van der Waals surface area contributed by atoms with Crippen molar-refractivity contribution < 1.29 is 21.9 Å². The van der Waals surface area contributed by atoms with Gasteiger partial charge in [0.25, 0.3) is 0 Å². The quantitative estimate of drug-likeness (QED) is 0.696. The fourth-order valence-corrected chi connectivity index (χ4v) is 2.50. The number of ether oxygens (including phenoxy) is 1. The topological polar surface area (TPSA) is 29.5 Å². The van der Waals surface area contributed by atoms with Gasteiger partial charge in [-0.15, -0.1) is 0 Å². The normalized spacial score (nSPS) is 20.0. The Bertz CT molecular complexity index is 414. The van der Waals surface area contributed by atoms with Crippen LogP contribution in [-0.2, 0) is 4.74 Å². The highest BCUT2D eigenvalue weighted by atomic mass is 79.9. The van der Waals surface area contributed by atoms with Gasteiger partial charge in [0.2, 0.25) is 0 Å². The lowest BCUT2D eigenvalue weighted by molar-refractivity contribution is -0.0000830. The van der Waals surface area contributed by atoms with Crippen LogP contribution in [0.15, 0.2) is 28.7 Å². The molecular weight excluding hydrogens is 318 g/mol. The predicted molar refractivity (Wildman–Crippen MR) is 70.1 cm³/mol. The number of nitrogens with zero attached hydrogens (tertiary/aromatic N) is 1. The molecule has 1 aromatic rings. The van der Waals surface area contributed by atoms with Gasteiger partial charge in [0.15, 0.2) is 0 Å². The molecule has 1 fully saturated rings. The number of hydrogen-bond acceptors (Lipinski definition) is 3. The Morgan fingerprint density at radius 2 is 2.17 bits per heavy atom. The summed E-state index contributed by atoms with van der Waals surface area (Å²) in [4.78, 5) is 14.2. The maximum absolute atomic E-state index is 12.0. The van der Waals surface area contributed by atoms with Gasteiger partial charge >= 0.3 is 5.97 Å². The van der Waals surface area contributed by atoms with Crippen LogP contribution < -0.4 is 12.4 Å². The van der Waals surface area contributed by atoms with E-state index in [1.165, 1.54) is 0 Å². The fourth-order valence-electron chi connectivity index (χ4n) is 2.06. The van der Waals surface area contributed by atoms with Gasteiger partial charge in [-0.25, -0.2) is 4.79 Å². The molecule has 1 aromatic carbocycles. The summed E-state index contributed by atoms with van der Waals surface area (Å²) in [6.45, 7) is 1.92. The van der Waals surface area contributed by atoms with Crippen molar-refractivity contribution in [1.82, 2.24) is 4.90 Å². The van der Waals surface area contributed by atoms with Gasteiger partial charge in [0.1, 0.15) is 6.10 Å². The number of carbonyl (C=O) groups excluding carboxylic acids is 1. The Morgan fingerprint density at radius 3 is 2.83 bits per heavy atom. The van der Waals surface area contributed by atoms with Crippen molar-refractivity contribution in [2.45, 2.75) is 18.9 Å². The van der Waals surface area contributed by atoms with Gasteiger partial charge in [0.05, 0.1) is 5.56 Å². The number of halogens is 2. The van der Waals surface area contributed by atoms with Crippen LogP contribution in [0.4, 0.5) is 0 Å². The highest BCUT2D eigenvalue weighted by molar-refractivity contribution is 9.10. The van der Waals surface area contributed by atoms with Crippen molar-refractivity contribution in [3.63, 3.8) is 0 Å². The first kappa shape index (κ1) is 15.5. The molecule has 2 rings (SSSR count). The highest BCUT2D eigenvalue weighted by Gasteiger charge is 2.22. The van der Waals surface area contributed by atoms with Crippen LogP contribution in [0, 0.1) is 0 Å². The lowest BCUT2D eigenvalue weighted by atomic mass is 10.1. The second kappa shape index (κ2) is 7.12. The first-order valence-corrected chi connectivity index (χ1v) is 6.60. The van der Waals surface area contributed by atoms with Crippen LogP contribution in [0.1, 0.15) is 23.2 Å². The molecular formula is C13H16BrClNO2-. The van der Waals surface area contributed by atoms with E-state index in [0.717, 1.165) is 30.4 Å². The van der Waals surface area contributed by atoms with E-state index < -0.39 is 0 Å². The third-order valence-electron chi connectivity index (χ3n) is 2.95. The third-order valence-corrected chi connectivity index (χ3v) is 3.64. The molecule has 0 aliphatic carbocycles. The number of benzene rings is 1. The van der Waals surface area contributed by atoms with E-state index in [0.29, 0.717) is 5.56 Å². The zero-order chi connectivity index (χ0) is 12.3. The zero-order valence-electron chi connectivity index (χ0n) is 10.2. The molecule has 0 N–H and O–H groups in total. The van der Waals surface area contributed by atoms with Crippen molar-refractivity contribution in [2.75, 3.05) is 20.1 Å². The van der Waals surface area contributed by atoms with E-state index >= 15 is 0 Å². The Labute approximate surface area is 122 Å². The lowest BCUT2D eigenvalue weighted by Gasteiger charge is -2.29. The summed E-state index contributed by atoms with van der Waals surface area (Å²) in [5, 5.41) is 0. The number of rotatable bonds is 2. The molecule has 100 valence electrons. The molecule has 0 radical (unpaired) electrons. The molecule has 0 saturated carbocycles. The van der Waals surface area contributed by atoms with Crippen LogP contribution >= 0.6 is 15.9 Å². The SMILES string of the molecule is CN1CCCC(OC(=O)c2ccccc2Br)C1.[Cl-]. The summed E-state index contributed by atoms with van der Waals surface area (Å²) < 4.78 is 6.30. The van der Waals surface area contributed by atoms with E-state index in [9.17, 15) is 4.79 Å². The van der Waals surface area contributed by atoms with E-state index in [-0.39, 0.29) is 24.5 Å². The fraction of sp³-hybridized carbons (Fsp3) is 0.462. The maximum Gasteiger partial charge on any atom is 0.339 e. The molecule has 1 atom stereocenters. The molecule has 0 bridgehead atoms. The van der Waals surface area contributed by atoms with Gasteiger partial charge < -0.3 is 22.0 Å². The molecule has 1 aliphatic heterocycles. The average Bonchev–Trinajstić information content (AvgIpc) is 2.29. The minimum Gasteiger partial charge on any atom is -1.00 e. The van der Waals surface area contributed by atoms with Crippen molar-refractivity contribution >= 4 is 21.9 Å². The van der Waals surface area contributed by atoms with Gasteiger partial charge in [0, 0.05) is 11.0 Å². The Kier molecular flexibility index (Phi) is 6.12. The monoisotopic (exact) mass is 332 g/mol. The van der Waals surface area contributed by atoms with Crippen molar-refractivity contribution in [1.29, 1.82) is 0 Å². The maximum atomic E-state index is 12.0. The molecule has 1 saturated heterocycles. The van der Waals surface area contributed by atoms with Gasteiger partial charge in [-0.05, 0) is 54.5 Å². The van der Waals surface area contributed by atoms with Crippen molar-refractivity contribution in [2.24, 2.45) is 0 Å². The van der Waals surface area contributed by atoms with Crippen LogP contribution in [0.25, 0.3) is 0 Å². The minimum atomic E-state index is -0.238. The number of carbonyl (C=O) groups is 1. The smallest absolute Gasteiger partial charge is 0.339 e. The Morgan fingerprint density at radius 1 is 1.44 bits per heavy atom. The van der Waals surface area contributed by atoms with Gasteiger partial charge in [-0.3, -0.25) is 0 Å². The summed E-state index contributed by atoms with van der Waals surface area (Å²) in [6, 6.07) is 7.35. The number of hydrogen-bond donors (Lipinski definition) is 0. The molecule has 3 nitrogen and oxygen atoms in total. The lowest BCUT2D eigenvalue weighted by Crippen LogP contribution is -3.00. The van der Waals surface area contributed by atoms with E-state index in [4.69, 9.17) is 4.74 Å². The van der Waals surface area contributed by atoms with Crippen LogP contribution in [-0.4, -0.2) is 37.1 Å². The summed E-state index contributed by atoms with van der Waals surface area (Å²) in [6.07, 6.45) is 2.07. The number of piperidine rings is 1. The first-order valence-electron chi connectivity index (χ1n) is 5.81. The van der Waals surface area contributed by atoms with Crippen molar-refractivity contribution in [3.05, 3.63) is 34.3 Å². The summed E-state index contributed by atoms with van der Waals surface area (Å²) in [7, 11) is 2.05. The minimum absolute atomic E-state index is 0. The van der Waals surface area contributed by atoms with Gasteiger partial charge in [-0.2, -0.15) is 0 Å². The summed E-state index contributed by atoms with van der Waals surface area (Å²) >= 11 is 3.36. The van der Waals surface area contributed by atoms with Gasteiger partial charge in [-0.1, -0.05) is 12.1 Å². The van der Waals surface area contributed by atoms with E-state index in [2.05, 4.69) is 27.9 Å². The van der Waals surface area contributed by atoms with Crippen LogP contribution in [0.3, 0.4) is 0 Å². The van der Waals surface area contributed by atoms with Crippen molar-refractivity contribution in [3.8, 4) is 0 Å². The summed E-state index contributed by atoms with van der Waals surface area (Å²) in [5.41, 5.74) is 0.598. The number of likely N-dealkylation sites (tertiary alicyclic amines) is 1. The standard InChI is InChI=1S/C13H16BrNO2.ClH/c1-15-8-4-5-10(9-15)17-13(16)11-6-2-3-7-12(11)14;/h2-3,6-7,10H,4-5,8-9H2,1H3;1H/p-1. The zero-order valence-corrected chi connectivity index (χ0v) is 12.6. The number of esters is 1. The molecule has 0 amide bonds. The van der Waals surface area contributed by atoms with E-state index in [1.54, 1.807) is 6.07 Å². The Balaban J connectivity index is 0.00000162. The second-order valence-corrected chi connectivity index (χ2v) is 5.27. The first-order chi connectivity index (χ1) is 8.16. The molecule has 5 heteroatoms. The summed E-state index contributed by atoms with van der Waals surface area (Å²) in [5.74, 6) is -0.238. The predicted octanol–water partition coefficient (Wildman–Crippen LogP) is -0.296. The third kappa shape index (κ3) is 3.97. The largest absolute Gasteiger partial charge is 1.00 e. The van der Waals surface area contributed by atoms with Crippen LogP contribution in [0.5, 0.6) is 0 Å². The molecule has 1 aliphatic rings. The Hall–Kier alpha value is -0.580. The molecule has 1 heterocycles. The van der Waals surface area contributed by atoms with Crippen LogP contribution in [0.2, 0.25) is 0 Å². The average molecular weight is 334 g/mol. The molecule has 1 unspecified atom stereocenters.